The van der Waals surface area contributed by atoms with Crippen molar-refractivity contribution in [3.63, 3.8) is 0 Å². The van der Waals surface area contributed by atoms with Crippen molar-refractivity contribution in [3.05, 3.63) is 48.5 Å². The molecular formula is C34H50N2O6. The summed E-state index contributed by atoms with van der Waals surface area (Å²) in [6.45, 7) is 1.40. The number of aliphatic carboxylic acids is 2. The Morgan fingerprint density at radius 2 is 0.738 bits per heavy atom. The van der Waals surface area contributed by atoms with Crippen molar-refractivity contribution in [1.29, 1.82) is 0 Å². The Morgan fingerprint density at radius 3 is 1.05 bits per heavy atom. The molecule has 0 saturated heterocycles. The summed E-state index contributed by atoms with van der Waals surface area (Å²) in [6.07, 6.45) is 17.9. The average molecular weight is 583 g/mol. The fraction of sp³-hybridized carbons (Fsp3) is 0.588. The van der Waals surface area contributed by atoms with Gasteiger partial charge in [-0.1, -0.05) is 77.0 Å². The van der Waals surface area contributed by atoms with Gasteiger partial charge in [0.2, 0.25) is 0 Å². The van der Waals surface area contributed by atoms with Crippen molar-refractivity contribution < 1.29 is 29.3 Å². The Bertz CT molecular complexity index is 926. The highest BCUT2D eigenvalue weighted by molar-refractivity contribution is 5.66. The third kappa shape index (κ3) is 18.8. The first kappa shape index (κ1) is 34.8. The van der Waals surface area contributed by atoms with E-state index in [-0.39, 0.29) is 12.8 Å². The molecule has 0 atom stereocenters. The number of unbranched alkanes of at least 4 members (excludes halogenated alkanes) is 14. The maximum Gasteiger partial charge on any atom is 0.303 e. The molecule has 2 aromatic carbocycles. The number of benzene rings is 2. The third-order valence-corrected chi connectivity index (χ3v) is 7.06. The summed E-state index contributed by atoms with van der Waals surface area (Å²) in [7, 11) is 0. The topological polar surface area (TPSA) is 118 Å². The summed E-state index contributed by atoms with van der Waals surface area (Å²) in [6, 6.07) is 15.3. The zero-order valence-electron chi connectivity index (χ0n) is 25.2. The van der Waals surface area contributed by atoms with E-state index in [1.165, 1.54) is 38.5 Å². The van der Waals surface area contributed by atoms with Crippen LogP contribution in [0.4, 0.5) is 11.4 Å². The van der Waals surface area contributed by atoms with Gasteiger partial charge in [-0.15, -0.1) is 0 Å². The zero-order valence-corrected chi connectivity index (χ0v) is 25.2. The summed E-state index contributed by atoms with van der Waals surface area (Å²) in [5, 5.41) is 25.9. The molecule has 0 aromatic heterocycles. The number of carboxylic acid groups (broad SMARTS) is 2. The van der Waals surface area contributed by atoms with E-state index in [0.29, 0.717) is 13.2 Å². The van der Waals surface area contributed by atoms with Gasteiger partial charge in [-0.05, 0) is 74.2 Å². The number of nitrogens with zero attached hydrogens (tertiary/aromatic N) is 2. The van der Waals surface area contributed by atoms with Gasteiger partial charge in [0.05, 0.1) is 24.6 Å². The van der Waals surface area contributed by atoms with Crippen molar-refractivity contribution in [3.8, 4) is 11.5 Å². The van der Waals surface area contributed by atoms with Crippen LogP contribution in [0.5, 0.6) is 11.5 Å². The van der Waals surface area contributed by atoms with Gasteiger partial charge in [0.1, 0.15) is 11.5 Å². The molecule has 2 aromatic rings. The lowest BCUT2D eigenvalue weighted by Gasteiger charge is -2.07. The highest BCUT2D eigenvalue weighted by Crippen LogP contribution is 2.23. The number of ether oxygens (including phenoxy) is 2. The molecule has 0 fully saturated rings. The molecule has 0 heterocycles. The van der Waals surface area contributed by atoms with Crippen LogP contribution in [0.25, 0.3) is 0 Å². The van der Waals surface area contributed by atoms with Gasteiger partial charge in [-0.3, -0.25) is 9.59 Å². The molecule has 0 aliphatic rings. The summed E-state index contributed by atoms with van der Waals surface area (Å²) in [4.78, 5) is 21.0. The Hall–Kier alpha value is -3.42. The fourth-order valence-electron chi connectivity index (χ4n) is 4.59. The van der Waals surface area contributed by atoms with Crippen LogP contribution >= 0.6 is 0 Å². The maximum atomic E-state index is 10.5. The molecule has 2 rings (SSSR count). The maximum absolute atomic E-state index is 10.5. The predicted octanol–water partition coefficient (Wildman–Crippen LogP) is 10.1. The first-order chi connectivity index (χ1) is 20.5. The normalized spacial score (nSPS) is 11.1. The van der Waals surface area contributed by atoms with Gasteiger partial charge in [-0.2, -0.15) is 10.2 Å². The number of hydrogen-bond acceptors (Lipinski definition) is 6. The van der Waals surface area contributed by atoms with Crippen LogP contribution in [-0.4, -0.2) is 35.4 Å². The van der Waals surface area contributed by atoms with Crippen molar-refractivity contribution in [2.24, 2.45) is 10.2 Å². The number of carbonyl (C=O) groups is 2. The number of carboxylic acids is 2. The Balaban J connectivity index is 1.49. The first-order valence-electron chi connectivity index (χ1n) is 15.8. The van der Waals surface area contributed by atoms with E-state index in [0.717, 1.165) is 87.1 Å². The molecule has 8 heteroatoms. The van der Waals surface area contributed by atoms with Crippen molar-refractivity contribution in [2.75, 3.05) is 13.2 Å². The average Bonchev–Trinajstić information content (AvgIpc) is 2.98. The van der Waals surface area contributed by atoms with Crippen LogP contribution in [-0.2, 0) is 9.59 Å². The van der Waals surface area contributed by atoms with Crippen molar-refractivity contribution in [1.82, 2.24) is 0 Å². The van der Waals surface area contributed by atoms with Gasteiger partial charge < -0.3 is 19.7 Å². The number of azo groups is 1. The molecule has 0 aliphatic carbocycles. The van der Waals surface area contributed by atoms with E-state index in [9.17, 15) is 9.59 Å². The van der Waals surface area contributed by atoms with Crippen molar-refractivity contribution in [2.45, 2.75) is 116 Å². The highest BCUT2D eigenvalue weighted by atomic mass is 16.5. The zero-order chi connectivity index (χ0) is 30.1. The molecule has 2 N–H and O–H groups in total. The molecule has 0 bridgehead atoms. The Labute approximate surface area is 251 Å². The third-order valence-electron chi connectivity index (χ3n) is 7.06. The minimum Gasteiger partial charge on any atom is -0.494 e. The monoisotopic (exact) mass is 582 g/mol. The molecule has 42 heavy (non-hydrogen) atoms. The van der Waals surface area contributed by atoms with Gasteiger partial charge in [-0.25, -0.2) is 0 Å². The van der Waals surface area contributed by atoms with Crippen LogP contribution in [0.1, 0.15) is 116 Å². The summed E-state index contributed by atoms with van der Waals surface area (Å²) < 4.78 is 11.7. The van der Waals surface area contributed by atoms with E-state index in [2.05, 4.69) is 10.2 Å². The van der Waals surface area contributed by atoms with E-state index in [1.807, 2.05) is 48.5 Å². The van der Waals surface area contributed by atoms with Gasteiger partial charge in [0.15, 0.2) is 0 Å². The lowest BCUT2D eigenvalue weighted by molar-refractivity contribution is -0.138. The summed E-state index contributed by atoms with van der Waals surface area (Å²) >= 11 is 0. The highest BCUT2D eigenvalue weighted by Gasteiger charge is 2.00. The molecule has 8 nitrogen and oxygen atoms in total. The first-order valence-corrected chi connectivity index (χ1v) is 15.8. The van der Waals surface area contributed by atoms with Crippen LogP contribution in [0, 0.1) is 0 Å². The van der Waals surface area contributed by atoms with E-state index >= 15 is 0 Å². The van der Waals surface area contributed by atoms with Crippen LogP contribution < -0.4 is 9.47 Å². The van der Waals surface area contributed by atoms with Crippen molar-refractivity contribution >= 4 is 23.3 Å². The van der Waals surface area contributed by atoms with Gasteiger partial charge in [0.25, 0.3) is 0 Å². The van der Waals surface area contributed by atoms with Crippen LogP contribution in [0.3, 0.4) is 0 Å². The SMILES string of the molecule is O=C(O)CCCCCCCCCCOc1ccc(N=Nc2ccc(OCCCCCCCCCCC(=O)O)cc2)cc1. The molecule has 0 unspecified atom stereocenters. The quantitative estimate of drug-likeness (QED) is 0.0841. The smallest absolute Gasteiger partial charge is 0.303 e. The lowest BCUT2D eigenvalue weighted by Crippen LogP contribution is -1.97. The predicted molar refractivity (Wildman–Crippen MR) is 166 cm³/mol. The molecule has 0 amide bonds. The van der Waals surface area contributed by atoms with Crippen LogP contribution in [0.15, 0.2) is 58.8 Å². The largest absolute Gasteiger partial charge is 0.494 e. The second-order valence-electron chi connectivity index (χ2n) is 10.8. The van der Waals surface area contributed by atoms with E-state index in [1.54, 1.807) is 0 Å². The second kappa shape index (κ2) is 23.2. The standard InChI is InChI=1S/C34H50N2O6/c37-33(38)17-13-9-5-1-3-7-11-15-27-41-31-23-19-29(20-24-31)35-36-30-21-25-32(26-22-30)42-28-16-12-8-4-2-6-10-14-18-34(39)40/h19-26H,1-18,27-28H2,(H,37,38)(H,39,40). The van der Waals surface area contributed by atoms with E-state index < -0.39 is 11.9 Å². The van der Waals surface area contributed by atoms with E-state index in [4.69, 9.17) is 19.7 Å². The molecule has 232 valence electrons. The molecular weight excluding hydrogens is 532 g/mol. The molecule has 0 spiro atoms. The summed E-state index contributed by atoms with van der Waals surface area (Å²) in [5.41, 5.74) is 1.54. The number of hydrogen-bond donors (Lipinski definition) is 2. The second-order valence-corrected chi connectivity index (χ2v) is 10.8. The molecule has 0 saturated carbocycles. The van der Waals surface area contributed by atoms with Gasteiger partial charge >= 0.3 is 11.9 Å². The van der Waals surface area contributed by atoms with Gasteiger partial charge in [0, 0.05) is 12.8 Å². The molecule has 0 aliphatic heterocycles. The Kier molecular flexibility index (Phi) is 19.2. The lowest BCUT2D eigenvalue weighted by atomic mass is 10.1. The fourth-order valence-corrected chi connectivity index (χ4v) is 4.59. The molecule has 0 radical (unpaired) electrons. The Morgan fingerprint density at radius 1 is 0.452 bits per heavy atom. The minimum absolute atomic E-state index is 0.288. The van der Waals surface area contributed by atoms with Crippen LogP contribution in [0.2, 0.25) is 0 Å². The summed E-state index contributed by atoms with van der Waals surface area (Å²) in [5.74, 6) is 0.276. The number of rotatable bonds is 26. The minimum atomic E-state index is -0.697.